The van der Waals surface area contributed by atoms with Gasteiger partial charge in [-0.3, -0.25) is 0 Å². The Labute approximate surface area is 169 Å². The Morgan fingerprint density at radius 3 is 2.54 bits per heavy atom. The first-order valence-corrected chi connectivity index (χ1v) is 9.60. The molecule has 0 aliphatic carbocycles. The molecule has 0 amide bonds. The molecule has 3 aromatic carbocycles. The van der Waals surface area contributed by atoms with E-state index < -0.39 is 0 Å². The monoisotopic (exact) mass is 389 g/mol. The normalized spacial score (nSPS) is 11.9. The van der Waals surface area contributed by atoms with Crippen LogP contribution in [0.1, 0.15) is 30.0 Å². The van der Waals surface area contributed by atoms with Crippen LogP contribution in [0.3, 0.4) is 0 Å². The fraction of sp³-hybridized carbons (Fsp3) is 0.130. The molecule has 1 atom stereocenters. The van der Waals surface area contributed by atoms with Crippen molar-refractivity contribution in [2.75, 3.05) is 5.32 Å². The van der Waals surface area contributed by atoms with Crippen LogP contribution < -0.4 is 5.32 Å². The zero-order valence-electron chi connectivity index (χ0n) is 15.5. The molecule has 0 bridgehead atoms. The molecule has 4 aromatic rings. The number of anilines is 1. The Kier molecular flexibility index (Phi) is 5.40. The maximum Gasteiger partial charge on any atom is 0.247 e. The molecule has 0 spiro atoms. The minimum atomic E-state index is -0.309. The zero-order valence-corrected chi connectivity index (χ0v) is 16.2. The number of nitrogens with zero attached hydrogens (tertiary/aromatic N) is 2. The molecular weight excluding hydrogens is 370 g/mol. The molecule has 1 heterocycles. The molecule has 0 aliphatic rings. The van der Waals surface area contributed by atoms with Crippen LogP contribution in [0.15, 0.2) is 83.3 Å². The molecule has 0 saturated heterocycles. The summed E-state index contributed by atoms with van der Waals surface area (Å²) in [6.07, 6.45) is 0.968. The molecule has 140 valence electrons. The summed E-state index contributed by atoms with van der Waals surface area (Å²) < 4.78 is 6.03. The number of nitrogens with one attached hydrogen (secondary N) is 1. The number of hydrogen-bond acceptors (Lipinski definition) is 4. The maximum absolute atomic E-state index is 6.23. The molecule has 0 fully saturated rings. The van der Waals surface area contributed by atoms with Crippen molar-refractivity contribution in [2.45, 2.75) is 19.4 Å². The lowest BCUT2D eigenvalue weighted by atomic mass is 10.1. The van der Waals surface area contributed by atoms with Crippen LogP contribution in [-0.4, -0.2) is 10.2 Å². The Bertz CT molecular complexity index is 1060. The number of benzene rings is 3. The minimum absolute atomic E-state index is 0.309. The molecule has 4 nitrogen and oxygen atoms in total. The zero-order chi connectivity index (χ0) is 19.3. The van der Waals surface area contributed by atoms with E-state index in [4.69, 9.17) is 16.0 Å². The number of hydrogen-bond donors (Lipinski definition) is 1. The third kappa shape index (κ3) is 4.07. The van der Waals surface area contributed by atoms with Crippen molar-refractivity contribution < 1.29 is 4.42 Å². The highest BCUT2D eigenvalue weighted by Crippen LogP contribution is 2.30. The van der Waals surface area contributed by atoms with E-state index in [0.29, 0.717) is 16.8 Å². The van der Waals surface area contributed by atoms with Gasteiger partial charge in [0.1, 0.15) is 6.04 Å². The van der Waals surface area contributed by atoms with Gasteiger partial charge in [0.25, 0.3) is 0 Å². The van der Waals surface area contributed by atoms with Gasteiger partial charge in [0.15, 0.2) is 0 Å². The van der Waals surface area contributed by atoms with Crippen LogP contribution in [0, 0.1) is 0 Å². The summed E-state index contributed by atoms with van der Waals surface area (Å²) in [5.41, 5.74) is 4.09. The summed E-state index contributed by atoms with van der Waals surface area (Å²) in [6.45, 7) is 2.14. The van der Waals surface area contributed by atoms with Crippen LogP contribution in [-0.2, 0) is 6.42 Å². The van der Waals surface area contributed by atoms with Gasteiger partial charge in [0.2, 0.25) is 11.8 Å². The highest BCUT2D eigenvalue weighted by Gasteiger charge is 2.22. The highest BCUT2D eigenvalue weighted by atomic mass is 35.5. The van der Waals surface area contributed by atoms with E-state index in [1.54, 1.807) is 0 Å². The molecule has 28 heavy (non-hydrogen) atoms. The molecule has 0 aliphatic heterocycles. The average molecular weight is 390 g/mol. The molecule has 0 saturated carbocycles. The SMILES string of the molecule is CCc1cccc(N[C@H](c2cccc(Cl)c2)c2nnc(-c3ccccc3)o2)c1. The molecule has 0 radical (unpaired) electrons. The number of aromatic nitrogens is 2. The summed E-state index contributed by atoms with van der Waals surface area (Å²) in [7, 11) is 0. The second-order valence-electron chi connectivity index (χ2n) is 6.50. The second-order valence-corrected chi connectivity index (χ2v) is 6.93. The van der Waals surface area contributed by atoms with E-state index in [1.807, 2.05) is 66.7 Å². The van der Waals surface area contributed by atoms with E-state index in [9.17, 15) is 0 Å². The van der Waals surface area contributed by atoms with E-state index in [2.05, 4.69) is 34.6 Å². The summed E-state index contributed by atoms with van der Waals surface area (Å²) in [5.74, 6) is 0.981. The summed E-state index contributed by atoms with van der Waals surface area (Å²) in [4.78, 5) is 0. The highest BCUT2D eigenvalue weighted by molar-refractivity contribution is 6.30. The van der Waals surface area contributed by atoms with Gasteiger partial charge in [-0.2, -0.15) is 0 Å². The van der Waals surface area contributed by atoms with Crippen LogP contribution in [0.25, 0.3) is 11.5 Å². The molecule has 1 aromatic heterocycles. The lowest BCUT2D eigenvalue weighted by molar-refractivity contribution is 0.494. The van der Waals surface area contributed by atoms with Gasteiger partial charge in [-0.25, -0.2) is 0 Å². The Balaban J connectivity index is 1.72. The van der Waals surface area contributed by atoms with Crippen LogP contribution >= 0.6 is 11.6 Å². The van der Waals surface area contributed by atoms with Gasteiger partial charge >= 0.3 is 0 Å². The standard InChI is InChI=1S/C23H20ClN3O/c1-2-16-8-6-13-20(14-16)25-21(18-11-7-12-19(24)15-18)23-27-26-22(28-23)17-9-4-3-5-10-17/h3-15,21,25H,2H2,1H3/t21-/m1/s1. The first-order chi connectivity index (χ1) is 13.7. The topological polar surface area (TPSA) is 51.0 Å². The summed E-state index contributed by atoms with van der Waals surface area (Å²) >= 11 is 6.23. The maximum atomic E-state index is 6.23. The van der Waals surface area contributed by atoms with Gasteiger partial charge in [0.05, 0.1) is 0 Å². The third-order valence-corrected chi connectivity index (χ3v) is 4.77. The van der Waals surface area contributed by atoms with E-state index >= 15 is 0 Å². The minimum Gasteiger partial charge on any atom is -0.418 e. The Hall–Kier alpha value is -3.11. The largest absolute Gasteiger partial charge is 0.418 e. The van der Waals surface area contributed by atoms with Crippen molar-refractivity contribution in [3.8, 4) is 11.5 Å². The van der Waals surface area contributed by atoms with Crippen LogP contribution in [0.2, 0.25) is 5.02 Å². The quantitative estimate of drug-likeness (QED) is 0.429. The van der Waals surface area contributed by atoms with Crippen molar-refractivity contribution in [1.82, 2.24) is 10.2 Å². The molecular formula is C23H20ClN3O. The first kappa shape index (κ1) is 18.3. The van der Waals surface area contributed by atoms with Gasteiger partial charge < -0.3 is 9.73 Å². The summed E-state index contributed by atoms with van der Waals surface area (Å²) in [6, 6.07) is 25.4. The Morgan fingerprint density at radius 1 is 0.929 bits per heavy atom. The van der Waals surface area contributed by atoms with Gasteiger partial charge in [-0.15, -0.1) is 10.2 Å². The molecule has 1 N–H and O–H groups in total. The van der Waals surface area contributed by atoms with Crippen molar-refractivity contribution in [3.63, 3.8) is 0 Å². The second kappa shape index (κ2) is 8.28. The van der Waals surface area contributed by atoms with Crippen LogP contribution in [0.5, 0.6) is 0 Å². The van der Waals surface area contributed by atoms with Gasteiger partial charge in [0, 0.05) is 16.3 Å². The third-order valence-electron chi connectivity index (χ3n) is 4.54. The van der Waals surface area contributed by atoms with Gasteiger partial charge in [-0.05, 0) is 53.9 Å². The lowest BCUT2D eigenvalue weighted by Gasteiger charge is -2.18. The van der Waals surface area contributed by atoms with E-state index in [0.717, 1.165) is 23.2 Å². The van der Waals surface area contributed by atoms with Gasteiger partial charge in [-0.1, -0.05) is 61.0 Å². The van der Waals surface area contributed by atoms with E-state index in [1.165, 1.54) is 5.56 Å². The fourth-order valence-corrected chi connectivity index (χ4v) is 3.27. The number of aryl methyl sites for hydroxylation is 1. The number of halogens is 1. The molecule has 5 heteroatoms. The van der Waals surface area contributed by atoms with Crippen molar-refractivity contribution in [3.05, 3.63) is 101 Å². The van der Waals surface area contributed by atoms with E-state index in [-0.39, 0.29) is 6.04 Å². The number of rotatable bonds is 6. The average Bonchev–Trinajstić information content (AvgIpc) is 3.23. The lowest BCUT2D eigenvalue weighted by Crippen LogP contribution is -2.13. The fourth-order valence-electron chi connectivity index (χ4n) is 3.07. The smallest absolute Gasteiger partial charge is 0.247 e. The first-order valence-electron chi connectivity index (χ1n) is 9.22. The summed E-state index contributed by atoms with van der Waals surface area (Å²) in [5, 5.41) is 12.7. The van der Waals surface area contributed by atoms with Crippen molar-refractivity contribution in [1.29, 1.82) is 0 Å². The van der Waals surface area contributed by atoms with Crippen molar-refractivity contribution >= 4 is 17.3 Å². The van der Waals surface area contributed by atoms with Crippen LogP contribution in [0.4, 0.5) is 5.69 Å². The van der Waals surface area contributed by atoms with Crippen molar-refractivity contribution in [2.24, 2.45) is 0 Å². The Morgan fingerprint density at radius 2 is 1.75 bits per heavy atom. The predicted octanol–water partition coefficient (Wildman–Crippen LogP) is 6.15. The molecule has 0 unspecified atom stereocenters. The predicted molar refractivity (Wildman–Crippen MR) is 112 cm³/mol. The molecule has 4 rings (SSSR count).